The highest BCUT2D eigenvalue weighted by Gasteiger charge is 2.30. The van der Waals surface area contributed by atoms with Gasteiger partial charge in [0.2, 0.25) is 5.91 Å². The standard InChI is InChI=1S/C22H32N6O2/c1-15(2)22(29)26-17-5-10-27(11-6-17)13-18-14-28(12-16(3)30-18)19-4-7-24-21-20(19)23-8-9-25-21/h4,7-9,15-18H,5-6,10-14H2,1-3H3,(H,26,29)/t16-,18+/m1/s1. The van der Waals surface area contributed by atoms with Gasteiger partial charge in [0.15, 0.2) is 5.65 Å². The molecule has 8 heteroatoms. The third-order valence-corrected chi connectivity index (χ3v) is 5.94. The summed E-state index contributed by atoms with van der Waals surface area (Å²) in [6.07, 6.45) is 7.47. The van der Waals surface area contributed by atoms with E-state index < -0.39 is 0 Å². The average Bonchev–Trinajstić information content (AvgIpc) is 2.74. The van der Waals surface area contributed by atoms with E-state index >= 15 is 0 Å². The minimum absolute atomic E-state index is 0.0418. The minimum atomic E-state index is 0.0418. The lowest BCUT2D eigenvalue weighted by atomic mass is 10.0. The summed E-state index contributed by atoms with van der Waals surface area (Å²) in [7, 11) is 0. The topological polar surface area (TPSA) is 83.5 Å². The number of amides is 1. The summed E-state index contributed by atoms with van der Waals surface area (Å²) in [5.41, 5.74) is 2.59. The number of hydrogen-bond donors (Lipinski definition) is 1. The number of nitrogens with one attached hydrogen (secondary N) is 1. The molecule has 1 amide bonds. The first-order valence-electron chi connectivity index (χ1n) is 11.0. The van der Waals surface area contributed by atoms with E-state index in [-0.39, 0.29) is 24.0 Å². The molecule has 0 unspecified atom stereocenters. The number of pyridine rings is 1. The van der Waals surface area contributed by atoms with E-state index in [9.17, 15) is 4.79 Å². The number of hydrogen-bond acceptors (Lipinski definition) is 7. The molecule has 0 aliphatic carbocycles. The van der Waals surface area contributed by atoms with Gasteiger partial charge in [-0.2, -0.15) is 0 Å². The van der Waals surface area contributed by atoms with Gasteiger partial charge < -0.3 is 19.9 Å². The molecule has 0 saturated carbocycles. The molecule has 4 heterocycles. The molecule has 2 fully saturated rings. The average molecular weight is 413 g/mol. The van der Waals surface area contributed by atoms with Gasteiger partial charge in [0.25, 0.3) is 0 Å². The first-order chi connectivity index (χ1) is 14.5. The van der Waals surface area contributed by atoms with Crippen LogP contribution in [0.2, 0.25) is 0 Å². The van der Waals surface area contributed by atoms with E-state index in [4.69, 9.17) is 4.74 Å². The first-order valence-corrected chi connectivity index (χ1v) is 11.0. The molecule has 2 aliphatic heterocycles. The van der Waals surface area contributed by atoms with Crippen molar-refractivity contribution in [3.63, 3.8) is 0 Å². The summed E-state index contributed by atoms with van der Waals surface area (Å²) in [5, 5.41) is 3.17. The number of anilines is 1. The predicted octanol–water partition coefficient (Wildman–Crippen LogP) is 1.86. The van der Waals surface area contributed by atoms with Gasteiger partial charge in [-0.05, 0) is 25.8 Å². The first kappa shape index (κ1) is 20.9. The number of carbonyl (C=O) groups excluding carboxylic acids is 1. The van der Waals surface area contributed by atoms with Gasteiger partial charge in [-0.25, -0.2) is 15.0 Å². The van der Waals surface area contributed by atoms with E-state index in [0.717, 1.165) is 56.8 Å². The smallest absolute Gasteiger partial charge is 0.222 e. The van der Waals surface area contributed by atoms with Crippen LogP contribution in [0.3, 0.4) is 0 Å². The predicted molar refractivity (Wildman–Crippen MR) is 116 cm³/mol. The Morgan fingerprint density at radius 2 is 1.90 bits per heavy atom. The molecule has 2 aromatic rings. The van der Waals surface area contributed by atoms with E-state index in [1.54, 1.807) is 18.6 Å². The SMILES string of the molecule is CC(C)C(=O)NC1CCN(C[C@H]2CN(c3ccnc4nccnc34)C[C@@H](C)O2)CC1. The fourth-order valence-corrected chi connectivity index (χ4v) is 4.38. The van der Waals surface area contributed by atoms with Crippen molar-refractivity contribution in [1.29, 1.82) is 0 Å². The molecule has 4 rings (SSSR count). The Morgan fingerprint density at radius 3 is 2.67 bits per heavy atom. The molecule has 0 spiro atoms. The molecular formula is C22H32N6O2. The van der Waals surface area contributed by atoms with Gasteiger partial charge in [0, 0.05) is 63.3 Å². The van der Waals surface area contributed by atoms with Crippen LogP contribution in [0.5, 0.6) is 0 Å². The van der Waals surface area contributed by atoms with Gasteiger partial charge in [0.1, 0.15) is 5.52 Å². The molecule has 0 bridgehead atoms. The zero-order chi connectivity index (χ0) is 21.1. The number of piperidine rings is 1. The zero-order valence-electron chi connectivity index (χ0n) is 18.1. The molecule has 8 nitrogen and oxygen atoms in total. The number of likely N-dealkylation sites (tertiary alicyclic amines) is 1. The highest BCUT2D eigenvalue weighted by Crippen LogP contribution is 2.26. The summed E-state index contributed by atoms with van der Waals surface area (Å²) in [5.74, 6) is 0.196. The van der Waals surface area contributed by atoms with Crippen molar-refractivity contribution in [3.8, 4) is 0 Å². The maximum atomic E-state index is 11.9. The summed E-state index contributed by atoms with van der Waals surface area (Å²) in [4.78, 5) is 29.9. The van der Waals surface area contributed by atoms with Crippen molar-refractivity contribution in [2.24, 2.45) is 5.92 Å². The summed E-state index contributed by atoms with van der Waals surface area (Å²) < 4.78 is 6.27. The highest BCUT2D eigenvalue weighted by molar-refractivity contribution is 5.85. The van der Waals surface area contributed by atoms with E-state index in [2.05, 4.69) is 37.0 Å². The lowest BCUT2D eigenvalue weighted by molar-refractivity contribution is -0.125. The van der Waals surface area contributed by atoms with Crippen LogP contribution in [0.4, 0.5) is 5.69 Å². The maximum Gasteiger partial charge on any atom is 0.222 e. The number of morpholine rings is 1. The fourth-order valence-electron chi connectivity index (χ4n) is 4.38. The second-order valence-electron chi connectivity index (χ2n) is 8.77. The van der Waals surface area contributed by atoms with Crippen molar-refractivity contribution in [2.75, 3.05) is 37.6 Å². The Balaban J connectivity index is 1.36. The molecule has 2 aliphatic rings. The van der Waals surface area contributed by atoms with Crippen molar-refractivity contribution in [1.82, 2.24) is 25.2 Å². The Kier molecular flexibility index (Phi) is 6.43. The molecule has 2 saturated heterocycles. The highest BCUT2D eigenvalue weighted by atomic mass is 16.5. The van der Waals surface area contributed by atoms with Gasteiger partial charge in [0.05, 0.1) is 17.9 Å². The third-order valence-electron chi connectivity index (χ3n) is 5.94. The maximum absolute atomic E-state index is 11.9. The fraction of sp³-hybridized carbons (Fsp3) is 0.636. The normalized spacial score (nSPS) is 23.8. The van der Waals surface area contributed by atoms with Gasteiger partial charge in [-0.15, -0.1) is 0 Å². The number of fused-ring (bicyclic) bond motifs is 1. The van der Waals surface area contributed by atoms with Crippen LogP contribution in [-0.2, 0) is 9.53 Å². The molecule has 0 radical (unpaired) electrons. The second-order valence-corrected chi connectivity index (χ2v) is 8.77. The second kappa shape index (κ2) is 9.22. The van der Waals surface area contributed by atoms with Crippen LogP contribution in [0, 0.1) is 5.92 Å². The van der Waals surface area contributed by atoms with E-state index in [1.165, 1.54) is 0 Å². The molecule has 2 aromatic heterocycles. The van der Waals surface area contributed by atoms with Crippen LogP contribution in [0.25, 0.3) is 11.2 Å². The summed E-state index contributed by atoms with van der Waals surface area (Å²) in [6, 6.07) is 2.32. The number of ether oxygens (including phenoxy) is 1. The number of carbonyl (C=O) groups is 1. The van der Waals surface area contributed by atoms with Crippen molar-refractivity contribution in [2.45, 2.75) is 51.9 Å². The lowest BCUT2D eigenvalue weighted by Gasteiger charge is -2.41. The Hall–Kier alpha value is -2.32. The van der Waals surface area contributed by atoms with Gasteiger partial charge in [-0.1, -0.05) is 13.8 Å². The quantitative estimate of drug-likeness (QED) is 0.802. The largest absolute Gasteiger partial charge is 0.370 e. The molecule has 162 valence electrons. The monoisotopic (exact) mass is 412 g/mol. The summed E-state index contributed by atoms with van der Waals surface area (Å²) in [6.45, 7) is 10.5. The molecule has 0 aromatic carbocycles. The minimum Gasteiger partial charge on any atom is -0.370 e. The summed E-state index contributed by atoms with van der Waals surface area (Å²) >= 11 is 0. The molecule has 1 N–H and O–H groups in total. The number of nitrogens with zero attached hydrogens (tertiary/aromatic N) is 5. The Morgan fingerprint density at radius 1 is 1.17 bits per heavy atom. The van der Waals surface area contributed by atoms with Crippen LogP contribution in [0.15, 0.2) is 24.7 Å². The lowest BCUT2D eigenvalue weighted by Crippen LogP contribution is -2.53. The van der Waals surface area contributed by atoms with E-state index in [1.807, 2.05) is 19.9 Å². The van der Waals surface area contributed by atoms with Crippen LogP contribution in [0.1, 0.15) is 33.6 Å². The van der Waals surface area contributed by atoms with Crippen molar-refractivity contribution in [3.05, 3.63) is 24.7 Å². The zero-order valence-corrected chi connectivity index (χ0v) is 18.1. The number of rotatable bonds is 5. The van der Waals surface area contributed by atoms with E-state index in [0.29, 0.717) is 11.7 Å². The third kappa shape index (κ3) is 4.87. The van der Waals surface area contributed by atoms with Crippen LogP contribution >= 0.6 is 0 Å². The molecular weight excluding hydrogens is 380 g/mol. The van der Waals surface area contributed by atoms with Crippen molar-refractivity contribution >= 4 is 22.8 Å². The van der Waals surface area contributed by atoms with Crippen molar-refractivity contribution < 1.29 is 9.53 Å². The van der Waals surface area contributed by atoms with Gasteiger partial charge in [-0.3, -0.25) is 4.79 Å². The molecule has 2 atom stereocenters. The Bertz CT molecular complexity index is 862. The number of aromatic nitrogens is 3. The van der Waals surface area contributed by atoms with Gasteiger partial charge >= 0.3 is 0 Å². The van der Waals surface area contributed by atoms with Crippen LogP contribution in [-0.4, -0.2) is 76.7 Å². The Labute approximate surface area is 178 Å². The van der Waals surface area contributed by atoms with Crippen LogP contribution < -0.4 is 10.2 Å². The molecule has 30 heavy (non-hydrogen) atoms.